The zero-order valence-corrected chi connectivity index (χ0v) is 10.5. The largest absolute Gasteiger partial charge is 0.432 e. The molecular formula is C13H13F3N2O. The Balaban J connectivity index is 2.34. The minimum atomic E-state index is -4.41. The molecule has 3 nitrogen and oxygen atoms in total. The van der Waals surface area contributed by atoms with Crippen LogP contribution in [0.1, 0.15) is 24.3 Å². The van der Waals surface area contributed by atoms with Crippen molar-refractivity contribution in [1.29, 1.82) is 0 Å². The number of nitrogens with zero attached hydrogens (tertiary/aromatic N) is 1. The monoisotopic (exact) mass is 270 g/mol. The maximum absolute atomic E-state index is 12.5. The topological polar surface area (TPSA) is 37.9 Å². The normalized spacial score (nSPS) is 13.5. The number of ether oxygens (including phenoxy) is 1. The average Bonchev–Trinajstić information content (AvgIpc) is 2.87. The van der Waals surface area contributed by atoms with E-state index in [1.165, 1.54) is 0 Å². The molecule has 0 fully saturated rings. The quantitative estimate of drug-likeness (QED) is 0.921. The fourth-order valence-electron chi connectivity index (χ4n) is 1.70. The molecule has 1 aromatic carbocycles. The first-order chi connectivity index (χ1) is 8.91. The van der Waals surface area contributed by atoms with Crippen LogP contribution < -0.4 is 0 Å². The van der Waals surface area contributed by atoms with Gasteiger partial charge in [0, 0.05) is 12.7 Å². The fourth-order valence-corrected chi connectivity index (χ4v) is 1.70. The minimum absolute atomic E-state index is 0.124. The van der Waals surface area contributed by atoms with Crippen LogP contribution in [-0.4, -0.2) is 17.3 Å². The molecule has 0 aliphatic rings. The van der Waals surface area contributed by atoms with E-state index in [9.17, 15) is 13.2 Å². The van der Waals surface area contributed by atoms with Gasteiger partial charge < -0.3 is 4.74 Å². The van der Waals surface area contributed by atoms with E-state index in [0.717, 1.165) is 11.6 Å². The lowest BCUT2D eigenvalue weighted by Crippen LogP contribution is -2.04. The first-order valence-electron chi connectivity index (χ1n) is 5.67. The fraction of sp³-hybridized carbons (Fsp3) is 0.308. The standard InChI is InChI=1S/C13H13F3N2O/c1-8(19-2)9-4-3-5-10(6-9)11-7-12(18-17-11)13(14,15)16/h3-8H,1-2H3,(H,17,18). The molecule has 0 aliphatic carbocycles. The van der Waals surface area contributed by atoms with E-state index in [-0.39, 0.29) is 11.8 Å². The molecule has 0 bridgehead atoms. The van der Waals surface area contributed by atoms with Gasteiger partial charge in [0.1, 0.15) is 5.69 Å². The molecular weight excluding hydrogens is 257 g/mol. The van der Waals surface area contributed by atoms with E-state index in [1.807, 2.05) is 18.1 Å². The Bertz CT molecular complexity index is 563. The van der Waals surface area contributed by atoms with Crippen molar-refractivity contribution in [2.75, 3.05) is 7.11 Å². The van der Waals surface area contributed by atoms with E-state index >= 15 is 0 Å². The van der Waals surface area contributed by atoms with E-state index in [0.29, 0.717) is 5.56 Å². The number of methoxy groups -OCH3 is 1. The molecule has 2 rings (SSSR count). The van der Waals surface area contributed by atoms with Crippen molar-refractivity contribution in [2.24, 2.45) is 0 Å². The number of aromatic amines is 1. The summed E-state index contributed by atoms with van der Waals surface area (Å²) in [5, 5.41) is 5.69. The van der Waals surface area contributed by atoms with Crippen LogP contribution >= 0.6 is 0 Å². The van der Waals surface area contributed by atoms with Crippen molar-refractivity contribution in [2.45, 2.75) is 19.2 Å². The molecule has 1 aromatic heterocycles. The highest BCUT2D eigenvalue weighted by Crippen LogP contribution is 2.31. The summed E-state index contributed by atoms with van der Waals surface area (Å²) in [7, 11) is 1.58. The van der Waals surface area contributed by atoms with Crippen molar-refractivity contribution in [3.63, 3.8) is 0 Å². The van der Waals surface area contributed by atoms with Crippen molar-refractivity contribution in [3.05, 3.63) is 41.6 Å². The second-order valence-corrected chi connectivity index (χ2v) is 4.17. The summed E-state index contributed by atoms with van der Waals surface area (Å²) in [6, 6.07) is 8.10. The molecule has 2 aromatic rings. The molecule has 1 atom stereocenters. The Kier molecular flexibility index (Phi) is 3.61. The lowest BCUT2D eigenvalue weighted by atomic mass is 10.0. The summed E-state index contributed by atoms with van der Waals surface area (Å²) in [4.78, 5) is 0. The molecule has 0 spiro atoms. The summed E-state index contributed by atoms with van der Waals surface area (Å²) in [5.74, 6) is 0. The predicted molar refractivity (Wildman–Crippen MR) is 64.4 cm³/mol. The molecule has 0 radical (unpaired) electrons. The second kappa shape index (κ2) is 5.05. The first-order valence-corrected chi connectivity index (χ1v) is 5.67. The summed E-state index contributed by atoms with van der Waals surface area (Å²) in [6.45, 7) is 1.87. The third kappa shape index (κ3) is 2.96. The van der Waals surface area contributed by atoms with Gasteiger partial charge in [0.05, 0.1) is 11.8 Å². The number of alkyl halides is 3. The molecule has 0 aliphatic heterocycles. The average molecular weight is 270 g/mol. The van der Waals surface area contributed by atoms with Crippen molar-refractivity contribution >= 4 is 0 Å². The predicted octanol–water partition coefficient (Wildman–Crippen LogP) is 3.80. The van der Waals surface area contributed by atoms with Gasteiger partial charge in [0.15, 0.2) is 0 Å². The van der Waals surface area contributed by atoms with E-state index in [2.05, 4.69) is 5.10 Å². The maximum Gasteiger partial charge on any atom is 0.432 e. The highest BCUT2D eigenvalue weighted by atomic mass is 19.4. The van der Waals surface area contributed by atoms with Crippen molar-refractivity contribution in [1.82, 2.24) is 10.2 Å². The van der Waals surface area contributed by atoms with Crippen LogP contribution in [0.2, 0.25) is 0 Å². The van der Waals surface area contributed by atoms with E-state index in [4.69, 9.17) is 4.74 Å². The second-order valence-electron chi connectivity index (χ2n) is 4.17. The third-order valence-corrected chi connectivity index (χ3v) is 2.89. The van der Waals surface area contributed by atoms with Crippen LogP contribution in [0.5, 0.6) is 0 Å². The van der Waals surface area contributed by atoms with E-state index < -0.39 is 11.9 Å². The van der Waals surface area contributed by atoms with Gasteiger partial charge in [-0.05, 0) is 24.6 Å². The SMILES string of the molecule is COC(C)c1cccc(-c2cc(C(F)(F)F)[nH]n2)c1. The zero-order valence-electron chi connectivity index (χ0n) is 10.5. The Morgan fingerprint density at radius 2 is 2.00 bits per heavy atom. The van der Waals surface area contributed by atoms with Crippen LogP contribution in [0.3, 0.4) is 0 Å². The Hall–Kier alpha value is -1.82. The molecule has 1 N–H and O–H groups in total. The van der Waals surface area contributed by atoms with Crippen LogP contribution in [0.15, 0.2) is 30.3 Å². The van der Waals surface area contributed by atoms with Crippen LogP contribution in [-0.2, 0) is 10.9 Å². The Morgan fingerprint density at radius 3 is 2.58 bits per heavy atom. The summed E-state index contributed by atoms with van der Waals surface area (Å²) in [5.41, 5.74) is 0.912. The summed E-state index contributed by atoms with van der Waals surface area (Å²) >= 11 is 0. The first kappa shape index (κ1) is 13.6. The summed E-state index contributed by atoms with van der Waals surface area (Å²) < 4.78 is 42.6. The molecule has 1 unspecified atom stereocenters. The molecule has 1 heterocycles. The lowest BCUT2D eigenvalue weighted by molar-refractivity contribution is -0.141. The highest BCUT2D eigenvalue weighted by Gasteiger charge is 2.33. The maximum atomic E-state index is 12.5. The lowest BCUT2D eigenvalue weighted by Gasteiger charge is -2.10. The number of nitrogens with one attached hydrogen (secondary N) is 1. The highest BCUT2D eigenvalue weighted by molar-refractivity contribution is 5.60. The number of halogens is 3. The zero-order chi connectivity index (χ0) is 14.0. The number of rotatable bonds is 3. The van der Waals surface area contributed by atoms with Crippen LogP contribution in [0, 0.1) is 0 Å². The molecule has 102 valence electrons. The molecule has 19 heavy (non-hydrogen) atoms. The molecule has 0 saturated carbocycles. The Labute approximate surface area is 108 Å². The number of hydrogen-bond acceptors (Lipinski definition) is 2. The smallest absolute Gasteiger partial charge is 0.377 e. The van der Waals surface area contributed by atoms with Gasteiger partial charge in [-0.15, -0.1) is 0 Å². The van der Waals surface area contributed by atoms with Crippen molar-refractivity contribution in [3.8, 4) is 11.3 Å². The number of hydrogen-bond donors (Lipinski definition) is 1. The van der Waals surface area contributed by atoms with Gasteiger partial charge in [-0.2, -0.15) is 18.3 Å². The number of aromatic nitrogens is 2. The van der Waals surface area contributed by atoms with Gasteiger partial charge >= 0.3 is 6.18 Å². The van der Waals surface area contributed by atoms with Gasteiger partial charge in [0.2, 0.25) is 0 Å². The van der Waals surface area contributed by atoms with Gasteiger partial charge in [0.25, 0.3) is 0 Å². The third-order valence-electron chi connectivity index (χ3n) is 2.89. The van der Waals surface area contributed by atoms with Gasteiger partial charge in [-0.25, -0.2) is 0 Å². The van der Waals surface area contributed by atoms with Crippen molar-refractivity contribution < 1.29 is 17.9 Å². The number of benzene rings is 1. The molecule has 0 saturated heterocycles. The van der Waals surface area contributed by atoms with Gasteiger partial charge in [-0.1, -0.05) is 18.2 Å². The van der Waals surface area contributed by atoms with E-state index in [1.54, 1.807) is 25.3 Å². The Morgan fingerprint density at radius 1 is 1.26 bits per heavy atom. The summed E-state index contributed by atoms with van der Waals surface area (Å²) in [6.07, 6.45) is -4.54. The molecule has 0 amide bonds. The molecule has 6 heteroatoms. The minimum Gasteiger partial charge on any atom is -0.377 e. The number of H-pyrrole nitrogens is 1. The van der Waals surface area contributed by atoms with Crippen LogP contribution in [0.25, 0.3) is 11.3 Å². The van der Waals surface area contributed by atoms with Crippen LogP contribution in [0.4, 0.5) is 13.2 Å². The van der Waals surface area contributed by atoms with Gasteiger partial charge in [-0.3, -0.25) is 5.10 Å².